The van der Waals surface area contributed by atoms with Gasteiger partial charge in [0.25, 0.3) is 0 Å². The average Bonchev–Trinajstić information content (AvgIpc) is 1.58. The second kappa shape index (κ2) is 24.4. The van der Waals surface area contributed by atoms with Crippen LogP contribution in [0.1, 0.15) is 137 Å². The van der Waals surface area contributed by atoms with Crippen LogP contribution < -0.4 is 24.0 Å². The van der Waals surface area contributed by atoms with Crippen molar-refractivity contribution in [3.63, 3.8) is 0 Å². The molecule has 6 aromatic carbocycles. The molecule has 87 heavy (non-hydrogen) atoms. The number of halogens is 5. The maximum absolute atomic E-state index is 15.7. The van der Waals surface area contributed by atoms with E-state index in [2.05, 4.69) is 80.0 Å². The van der Waals surface area contributed by atoms with Crippen molar-refractivity contribution in [3.8, 4) is 39.5 Å². The highest BCUT2D eigenvalue weighted by molar-refractivity contribution is 6.61. The molecular formula is C70H85F5N2O9Si. The molecule has 6 aromatic rings. The standard InChI is InChI=1S/C70H85F5N2O9Si/c1-15-69(16-2)53-41-44(56-59(71)61(73)63(75)62(74)60(56)72)17-26-49(53)57-51-42-54(77-32-36-80-37-33-77)55(78-14)43-52(51)64-50(58(57)69)27-28-70(83-64,45-18-22-47(23-19-45)76-30-34-79-35-31-76)46-20-24-48(25-21-46)81-38-39-82-68(12,13)29-40-87(84-65(3,4)5,85-66(6,7)8)86-67(9,10)11/h17-28,41-43H,15-16,29-40H2,1-14H3. The number of benzene rings is 6. The Kier molecular flexibility index (Phi) is 17.9. The van der Waals surface area contributed by atoms with Gasteiger partial charge in [0.15, 0.2) is 28.9 Å². The van der Waals surface area contributed by atoms with Gasteiger partial charge in [0.1, 0.15) is 23.9 Å². The van der Waals surface area contributed by atoms with E-state index in [0.29, 0.717) is 94.2 Å². The second-order valence-corrected chi connectivity index (χ2v) is 29.3. The molecule has 0 amide bonds. The van der Waals surface area contributed by atoms with Crippen LogP contribution in [0.2, 0.25) is 6.04 Å². The minimum absolute atomic E-state index is 0.121. The van der Waals surface area contributed by atoms with E-state index in [-0.39, 0.29) is 12.2 Å². The first-order valence-electron chi connectivity index (χ1n) is 30.6. The zero-order chi connectivity index (χ0) is 62.6. The van der Waals surface area contributed by atoms with Crippen molar-refractivity contribution in [2.24, 2.45) is 0 Å². The molecule has 0 saturated carbocycles. The van der Waals surface area contributed by atoms with Crippen LogP contribution >= 0.6 is 0 Å². The molecule has 2 saturated heterocycles. The molecule has 1 aliphatic carbocycles. The van der Waals surface area contributed by atoms with E-state index in [1.807, 2.05) is 92.6 Å². The quantitative estimate of drug-likeness (QED) is 0.0255. The summed E-state index contributed by atoms with van der Waals surface area (Å²) >= 11 is 0. The minimum Gasteiger partial charge on any atom is -0.495 e. The van der Waals surface area contributed by atoms with E-state index < -0.39 is 76.9 Å². The van der Waals surface area contributed by atoms with Crippen LogP contribution in [0.5, 0.6) is 17.2 Å². The van der Waals surface area contributed by atoms with Crippen molar-refractivity contribution >= 4 is 37.0 Å². The van der Waals surface area contributed by atoms with Crippen LogP contribution in [-0.4, -0.2) is 104 Å². The Hall–Kier alpha value is -6.05. The van der Waals surface area contributed by atoms with E-state index in [9.17, 15) is 13.2 Å². The second-order valence-electron chi connectivity index (χ2n) is 26.8. The summed E-state index contributed by atoms with van der Waals surface area (Å²) in [4.78, 5) is 4.55. The molecule has 0 bridgehead atoms. The van der Waals surface area contributed by atoms with Crippen LogP contribution in [0.4, 0.5) is 33.3 Å². The lowest BCUT2D eigenvalue weighted by atomic mass is 9.70. The molecule has 11 nitrogen and oxygen atoms in total. The maximum atomic E-state index is 15.7. The predicted octanol–water partition coefficient (Wildman–Crippen LogP) is 16.3. The number of methoxy groups -OCH3 is 1. The third-order valence-electron chi connectivity index (χ3n) is 16.9. The minimum atomic E-state index is -3.26. The first kappa shape index (κ1) is 63.9. The lowest BCUT2D eigenvalue weighted by Crippen LogP contribution is -2.57. The molecule has 1 unspecified atom stereocenters. The van der Waals surface area contributed by atoms with Gasteiger partial charge in [-0.3, -0.25) is 0 Å². The van der Waals surface area contributed by atoms with Crippen molar-refractivity contribution in [2.75, 3.05) is 82.7 Å². The average molecular weight is 1220 g/mol. The van der Waals surface area contributed by atoms with Crippen LogP contribution in [0.3, 0.4) is 0 Å². The summed E-state index contributed by atoms with van der Waals surface area (Å²) in [5, 5.41) is 1.60. The fraction of sp³-hybridized carbons (Fsp3) is 0.486. The number of anilines is 2. The molecular weight excluding hydrogens is 1140 g/mol. The Labute approximate surface area is 511 Å². The first-order valence-corrected chi connectivity index (χ1v) is 32.5. The molecule has 3 heterocycles. The molecule has 0 N–H and O–H groups in total. The van der Waals surface area contributed by atoms with E-state index in [4.69, 9.17) is 41.7 Å². The van der Waals surface area contributed by atoms with Gasteiger partial charge in [0, 0.05) is 65.4 Å². The number of nitrogens with zero attached hydrogens (tertiary/aromatic N) is 2. The normalized spacial score (nSPS) is 18.0. The van der Waals surface area contributed by atoms with E-state index >= 15 is 8.78 Å². The highest BCUT2D eigenvalue weighted by atomic mass is 28.4. The molecule has 1 atom stereocenters. The lowest BCUT2D eigenvalue weighted by Gasteiger charge is -2.44. The molecule has 0 spiro atoms. The van der Waals surface area contributed by atoms with Gasteiger partial charge < -0.3 is 51.5 Å². The Morgan fingerprint density at radius 1 is 0.598 bits per heavy atom. The summed E-state index contributed by atoms with van der Waals surface area (Å²) in [6.07, 6.45) is 5.89. The summed E-state index contributed by atoms with van der Waals surface area (Å²) < 4.78 is 135. The Morgan fingerprint density at radius 3 is 1.68 bits per heavy atom. The van der Waals surface area contributed by atoms with E-state index in [1.54, 1.807) is 19.2 Å². The molecule has 4 aliphatic rings. The third kappa shape index (κ3) is 12.8. The summed E-state index contributed by atoms with van der Waals surface area (Å²) in [7, 11) is -1.61. The molecule has 468 valence electrons. The zero-order valence-corrected chi connectivity index (χ0v) is 54.0. The number of rotatable bonds is 19. The fourth-order valence-electron chi connectivity index (χ4n) is 13.1. The van der Waals surface area contributed by atoms with Gasteiger partial charge in [-0.15, -0.1) is 0 Å². The van der Waals surface area contributed by atoms with Gasteiger partial charge >= 0.3 is 8.80 Å². The van der Waals surface area contributed by atoms with Crippen molar-refractivity contribution in [3.05, 3.63) is 142 Å². The van der Waals surface area contributed by atoms with Gasteiger partial charge in [-0.25, -0.2) is 22.0 Å². The van der Waals surface area contributed by atoms with Gasteiger partial charge in [-0.2, -0.15) is 0 Å². The Balaban J connectivity index is 1.04. The summed E-state index contributed by atoms with van der Waals surface area (Å²) in [6, 6.07) is 26.0. The molecule has 3 aliphatic heterocycles. The number of morpholine rings is 2. The summed E-state index contributed by atoms with van der Waals surface area (Å²) in [6.45, 7) is 32.2. The molecule has 0 radical (unpaired) electrons. The number of hydrogen-bond donors (Lipinski definition) is 0. The third-order valence-corrected chi connectivity index (χ3v) is 20.5. The lowest BCUT2D eigenvalue weighted by molar-refractivity contribution is -0.0823. The molecule has 17 heteroatoms. The SMILES string of the molecule is CCC1(CC)c2cc(-c3c(F)c(F)c(F)c(F)c3F)ccc2-c2c1c1c(c3cc(OC)c(N4CCOCC4)cc23)OC(c2ccc(OCCOC(C)(C)CC[Si](OC(C)(C)C)(OC(C)(C)C)OC(C)(C)C)cc2)(c2ccc(N3CCOCC3)cc2)C=C1. The van der Waals surface area contributed by atoms with Crippen LogP contribution in [0.25, 0.3) is 39.1 Å². The smallest absolute Gasteiger partial charge is 0.495 e. The van der Waals surface area contributed by atoms with Crippen LogP contribution in [0.15, 0.2) is 84.9 Å². The fourth-order valence-corrected chi connectivity index (χ4v) is 17.2. The number of fused-ring (bicyclic) bond motifs is 8. The molecule has 2 fully saturated rings. The molecule has 10 rings (SSSR count). The topological polar surface area (TPSA) is 89.6 Å². The summed E-state index contributed by atoms with van der Waals surface area (Å²) in [5.74, 6) is -8.12. The van der Waals surface area contributed by atoms with E-state index in [1.165, 1.54) is 6.07 Å². The Morgan fingerprint density at radius 2 is 1.14 bits per heavy atom. The van der Waals surface area contributed by atoms with Gasteiger partial charge in [0.05, 0.1) is 73.8 Å². The Bertz CT molecular complexity index is 3450. The van der Waals surface area contributed by atoms with Gasteiger partial charge in [-0.05, 0) is 177 Å². The first-order chi connectivity index (χ1) is 41.1. The van der Waals surface area contributed by atoms with Crippen molar-refractivity contribution in [1.29, 1.82) is 0 Å². The van der Waals surface area contributed by atoms with Gasteiger partial charge in [0.2, 0.25) is 5.82 Å². The van der Waals surface area contributed by atoms with E-state index in [0.717, 1.165) is 68.6 Å². The molecule has 0 aromatic heterocycles. The monoisotopic (exact) mass is 1220 g/mol. The number of ether oxygens (including phenoxy) is 6. The van der Waals surface area contributed by atoms with Crippen molar-refractivity contribution in [2.45, 2.75) is 149 Å². The van der Waals surface area contributed by atoms with Crippen LogP contribution in [-0.2, 0) is 38.5 Å². The zero-order valence-electron chi connectivity index (χ0n) is 53.0. The number of hydrogen-bond acceptors (Lipinski definition) is 11. The van der Waals surface area contributed by atoms with Crippen LogP contribution in [0, 0.1) is 29.1 Å². The van der Waals surface area contributed by atoms with Gasteiger partial charge in [-0.1, -0.05) is 56.3 Å². The highest BCUT2D eigenvalue weighted by Gasteiger charge is 2.52. The maximum Gasteiger partial charge on any atom is 0.502 e. The van der Waals surface area contributed by atoms with Crippen molar-refractivity contribution in [1.82, 2.24) is 0 Å². The van der Waals surface area contributed by atoms with Crippen molar-refractivity contribution < 1.29 is 63.7 Å². The largest absolute Gasteiger partial charge is 0.502 e. The highest BCUT2D eigenvalue weighted by Crippen LogP contribution is 2.62. The summed E-state index contributed by atoms with van der Waals surface area (Å²) in [5.41, 5.74) is 2.53. The predicted molar refractivity (Wildman–Crippen MR) is 335 cm³/mol.